The molecule has 0 N–H and O–H groups in total. The van der Waals surface area contributed by atoms with Gasteiger partial charge < -0.3 is 0 Å². The molecule has 0 spiro atoms. The van der Waals surface area contributed by atoms with Crippen LogP contribution in [0.4, 0.5) is 0 Å². The van der Waals surface area contributed by atoms with Crippen molar-refractivity contribution in [2.45, 2.75) is 4.90 Å². The molecular weight excluding hydrogens is 502 g/mol. The Labute approximate surface area is 143 Å². The van der Waals surface area contributed by atoms with Gasteiger partial charge in [0, 0.05) is 11.6 Å². The van der Waals surface area contributed by atoms with E-state index in [1.807, 2.05) is 28.7 Å². The van der Waals surface area contributed by atoms with Crippen LogP contribution in [0.1, 0.15) is 0 Å². The maximum absolute atomic E-state index is 12.8. The maximum atomic E-state index is 12.8. The first-order chi connectivity index (χ1) is 9.53. The highest BCUT2D eigenvalue weighted by atomic mass is 127. The molecule has 2 heterocycles. The summed E-state index contributed by atoms with van der Waals surface area (Å²) in [6.07, 6.45) is 1.60. The molecule has 0 aliphatic carbocycles. The number of hydrogen-bond acceptors (Lipinski definition) is 3. The predicted octanol–water partition coefficient (Wildman–Crippen LogP) is 3.48. The van der Waals surface area contributed by atoms with Crippen LogP contribution in [0.15, 0.2) is 53.6 Å². The van der Waals surface area contributed by atoms with Crippen molar-refractivity contribution in [3.05, 3.63) is 55.9 Å². The van der Waals surface area contributed by atoms with E-state index >= 15 is 0 Å². The molecule has 3 aromatic rings. The second-order valence-corrected chi connectivity index (χ2v) is 7.95. The number of benzene rings is 1. The van der Waals surface area contributed by atoms with Gasteiger partial charge in [0.1, 0.15) is 3.70 Å². The molecule has 7 heteroatoms. The van der Waals surface area contributed by atoms with Gasteiger partial charge in [-0.3, -0.25) is 0 Å². The van der Waals surface area contributed by atoms with Crippen LogP contribution in [0.5, 0.6) is 0 Å². The Bertz CT molecular complexity index is 889. The van der Waals surface area contributed by atoms with E-state index in [-0.39, 0.29) is 4.90 Å². The van der Waals surface area contributed by atoms with E-state index in [1.165, 1.54) is 3.97 Å². The molecule has 2 aromatic heterocycles. The standard InChI is InChI=1S/C13H8I2N2O2S/c14-11-10-7-4-8-16-13(10)17(12(11)15)20(18,19)9-5-2-1-3-6-9/h1-8H. The molecule has 0 unspecified atom stereocenters. The van der Waals surface area contributed by atoms with Gasteiger partial charge in [-0.25, -0.2) is 17.4 Å². The van der Waals surface area contributed by atoms with Crippen molar-refractivity contribution in [1.29, 1.82) is 0 Å². The Morgan fingerprint density at radius 3 is 2.40 bits per heavy atom. The van der Waals surface area contributed by atoms with Crippen LogP contribution < -0.4 is 0 Å². The lowest BCUT2D eigenvalue weighted by Gasteiger charge is -2.08. The van der Waals surface area contributed by atoms with Crippen molar-refractivity contribution in [2.24, 2.45) is 0 Å². The Hall–Kier alpha value is -0.680. The second kappa shape index (κ2) is 5.26. The van der Waals surface area contributed by atoms with E-state index in [9.17, 15) is 8.42 Å². The third-order valence-electron chi connectivity index (χ3n) is 2.86. The highest BCUT2D eigenvalue weighted by molar-refractivity contribution is 14.1. The van der Waals surface area contributed by atoms with Gasteiger partial charge in [0.05, 0.1) is 8.47 Å². The fourth-order valence-corrected chi connectivity index (χ4v) is 5.45. The molecule has 0 aliphatic heterocycles. The first-order valence-electron chi connectivity index (χ1n) is 5.64. The van der Waals surface area contributed by atoms with E-state index in [0.29, 0.717) is 9.35 Å². The van der Waals surface area contributed by atoms with Crippen molar-refractivity contribution in [1.82, 2.24) is 8.96 Å². The van der Waals surface area contributed by atoms with Gasteiger partial charge in [-0.05, 0) is 69.4 Å². The minimum Gasteiger partial charge on any atom is -0.237 e. The van der Waals surface area contributed by atoms with Crippen LogP contribution in [0, 0.1) is 7.27 Å². The van der Waals surface area contributed by atoms with Crippen LogP contribution in [0.3, 0.4) is 0 Å². The summed E-state index contributed by atoms with van der Waals surface area (Å²) in [6, 6.07) is 12.1. The van der Waals surface area contributed by atoms with Crippen molar-refractivity contribution in [3.8, 4) is 0 Å². The molecule has 0 bridgehead atoms. The zero-order chi connectivity index (χ0) is 14.3. The number of nitrogens with zero attached hydrogens (tertiary/aromatic N) is 2. The zero-order valence-corrected chi connectivity index (χ0v) is 15.1. The Morgan fingerprint density at radius 1 is 1.00 bits per heavy atom. The normalized spacial score (nSPS) is 11.9. The predicted molar refractivity (Wildman–Crippen MR) is 94.2 cm³/mol. The number of aromatic nitrogens is 2. The summed E-state index contributed by atoms with van der Waals surface area (Å²) < 4.78 is 28.4. The third kappa shape index (κ3) is 2.15. The summed E-state index contributed by atoms with van der Waals surface area (Å²) >= 11 is 4.20. The van der Waals surface area contributed by atoms with Gasteiger partial charge in [0.15, 0.2) is 5.65 Å². The molecule has 20 heavy (non-hydrogen) atoms. The summed E-state index contributed by atoms with van der Waals surface area (Å²) in [4.78, 5) is 4.49. The SMILES string of the molecule is O=S(=O)(c1ccccc1)n1c(I)c(I)c2cccnc21. The molecule has 0 saturated heterocycles. The van der Waals surface area contributed by atoms with Crippen LogP contribution >= 0.6 is 45.2 Å². The van der Waals surface area contributed by atoms with E-state index in [1.54, 1.807) is 42.6 Å². The first-order valence-corrected chi connectivity index (χ1v) is 9.24. The van der Waals surface area contributed by atoms with Gasteiger partial charge >= 0.3 is 0 Å². The fraction of sp³-hybridized carbons (Fsp3) is 0. The molecule has 1 aromatic carbocycles. The molecule has 102 valence electrons. The average Bonchev–Trinajstić information content (AvgIpc) is 2.73. The Morgan fingerprint density at radius 2 is 1.70 bits per heavy atom. The molecule has 0 fully saturated rings. The van der Waals surface area contributed by atoms with Crippen LogP contribution in [-0.2, 0) is 10.0 Å². The molecule has 0 radical (unpaired) electrons. The summed E-state index contributed by atoms with van der Waals surface area (Å²) in [5.41, 5.74) is 0.463. The molecule has 0 atom stereocenters. The molecule has 0 amide bonds. The molecular formula is C13H8I2N2O2S. The largest absolute Gasteiger partial charge is 0.270 e. The second-order valence-electron chi connectivity index (χ2n) is 4.06. The van der Waals surface area contributed by atoms with Crippen molar-refractivity contribution >= 4 is 66.2 Å². The van der Waals surface area contributed by atoms with E-state index in [0.717, 1.165) is 8.96 Å². The molecule has 0 aliphatic rings. The maximum Gasteiger partial charge on any atom is 0.270 e. The fourth-order valence-electron chi connectivity index (χ4n) is 1.94. The van der Waals surface area contributed by atoms with Crippen molar-refractivity contribution < 1.29 is 8.42 Å². The number of hydrogen-bond donors (Lipinski definition) is 0. The van der Waals surface area contributed by atoms with Gasteiger partial charge in [0.2, 0.25) is 0 Å². The minimum atomic E-state index is -3.63. The third-order valence-corrected chi connectivity index (χ3v) is 8.03. The topological polar surface area (TPSA) is 52.0 Å². The summed E-state index contributed by atoms with van der Waals surface area (Å²) in [5, 5.41) is 0.844. The highest BCUT2D eigenvalue weighted by Crippen LogP contribution is 2.30. The lowest BCUT2D eigenvalue weighted by Crippen LogP contribution is -2.15. The van der Waals surface area contributed by atoms with Crippen LogP contribution in [-0.4, -0.2) is 17.4 Å². The van der Waals surface area contributed by atoms with Gasteiger partial charge in [0.25, 0.3) is 10.0 Å². The monoisotopic (exact) mass is 510 g/mol. The quantitative estimate of drug-likeness (QED) is 0.497. The molecule has 4 nitrogen and oxygen atoms in total. The number of fused-ring (bicyclic) bond motifs is 1. The van der Waals surface area contributed by atoms with Gasteiger partial charge in [-0.1, -0.05) is 18.2 Å². The Kier molecular flexibility index (Phi) is 3.75. The summed E-state index contributed by atoms with van der Waals surface area (Å²) in [7, 11) is -3.63. The summed E-state index contributed by atoms with van der Waals surface area (Å²) in [5.74, 6) is 0. The number of halogens is 2. The zero-order valence-electron chi connectivity index (χ0n) is 9.99. The lowest BCUT2D eigenvalue weighted by atomic mass is 10.3. The highest BCUT2D eigenvalue weighted by Gasteiger charge is 2.25. The van der Waals surface area contributed by atoms with Gasteiger partial charge in [-0.15, -0.1) is 0 Å². The van der Waals surface area contributed by atoms with Crippen molar-refractivity contribution in [3.63, 3.8) is 0 Å². The lowest BCUT2D eigenvalue weighted by molar-refractivity contribution is 0.587. The van der Waals surface area contributed by atoms with E-state index in [4.69, 9.17) is 0 Å². The molecule has 0 saturated carbocycles. The average molecular weight is 510 g/mol. The first kappa shape index (κ1) is 14.3. The number of pyridine rings is 1. The van der Waals surface area contributed by atoms with Crippen molar-refractivity contribution in [2.75, 3.05) is 0 Å². The van der Waals surface area contributed by atoms with Crippen LogP contribution in [0.25, 0.3) is 11.0 Å². The van der Waals surface area contributed by atoms with Gasteiger partial charge in [-0.2, -0.15) is 0 Å². The summed E-state index contributed by atoms with van der Waals surface area (Å²) in [6.45, 7) is 0. The van der Waals surface area contributed by atoms with E-state index < -0.39 is 10.0 Å². The van der Waals surface area contributed by atoms with Crippen LogP contribution in [0.2, 0.25) is 0 Å². The Balaban J connectivity index is 2.39. The smallest absolute Gasteiger partial charge is 0.237 e. The number of rotatable bonds is 2. The van der Waals surface area contributed by atoms with E-state index in [2.05, 4.69) is 27.6 Å². The molecule has 3 rings (SSSR count). The minimum absolute atomic E-state index is 0.261.